The quantitative estimate of drug-likeness (QED) is 0.548. The monoisotopic (exact) mass is 430 g/mol. The molecule has 1 aromatic heterocycles. The number of nitrogens with one attached hydrogen (secondary N) is 1. The van der Waals surface area contributed by atoms with Gasteiger partial charge in [0, 0.05) is 5.69 Å². The molecule has 3 aromatic rings. The Labute approximate surface area is 176 Å². The number of alkyl carbamates (subject to hydrolysis) is 1. The predicted molar refractivity (Wildman–Crippen MR) is 108 cm³/mol. The Kier molecular flexibility index (Phi) is 7.39. The third kappa shape index (κ3) is 5.57. The fourth-order valence-corrected chi connectivity index (χ4v) is 3.25. The molecule has 30 heavy (non-hydrogen) atoms. The molecule has 1 heterocycles. The number of thioether (sulfide) groups is 1. The van der Waals surface area contributed by atoms with Crippen molar-refractivity contribution in [1.29, 1.82) is 0 Å². The maximum absolute atomic E-state index is 13.8. The summed E-state index contributed by atoms with van der Waals surface area (Å²) in [7, 11) is 0. The fraction of sp³-hybridized carbons (Fsp3) is 0.200. The molecule has 8 nitrogen and oxygen atoms in total. The SMILES string of the molecule is CCOC(=O)NC(=O)CSc1nnc(COc2ccccc2F)n1-c1ccccc1. The van der Waals surface area contributed by atoms with Crippen molar-refractivity contribution < 1.29 is 23.5 Å². The van der Waals surface area contributed by atoms with Crippen LogP contribution in [0.1, 0.15) is 12.7 Å². The van der Waals surface area contributed by atoms with E-state index in [-0.39, 0.29) is 24.7 Å². The molecule has 156 valence electrons. The van der Waals surface area contributed by atoms with E-state index >= 15 is 0 Å². The van der Waals surface area contributed by atoms with Crippen LogP contribution in [0.15, 0.2) is 59.8 Å². The fourth-order valence-electron chi connectivity index (χ4n) is 2.47. The van der Waals surface area contributed by atoms with E-state index in [1.807, 2.05) is 30.3 Å². The summed E-state index contributed by atoms with van der Waals surface area (Å²) >= 11 is 1.10. The molecule has 0 spiro atoms. The van der Waals surface area contributed by atoms with Gasteiger partial charge in [-0.3, -0.25) is 14.7 Å². The second-order valence-corrected chi connectivity index (χ2v) is 6.79. The molecule has 10 heteroatoms. The summed E-state index contributed by atoms with van der Waals surface area (Å²) in [5, 5.41) is 10.8. The number of carbonyl (C=O) groups is 2. The smallest absolute Gasteiger partial charge is 0.413 e. The molecular formula is C20H19FN4O4S. The van der Waals surface area contributed by atoms with Gasteiger partial charge in [-0.2, -0.15) is 0 Å². The molecule has 0 atom stereocenters. The van der Waals surface area contributed by atoms with Crippen LogP contribution < -0.4 is 10.1 Å². The van der Waals surface area contributed by atoms with Gasteiger partial charge in [-0.1, -0.05) is 42.1 Å². The van der Waals surface area contributed by atoms with Crippen LogP contribution in [-0.4, -0.2) is 39.1 Å². The van der Waals surface area contributed by atoms with E-state index in [0.717, 1.165) is 17.4 Å². The predicted octanol–water partition coefficient (Wildman–Crippen LogP) is 3.35. The lowest BCUT2D eigenvalue weighted by molar-refractivity contribution is -0.117. The van der Waals surface area contributed by atoms with Gasteiger partial charge in [0.2, 0.25) is 5.91 Å². The lowest BCUT2D eigenvalue weighted by Crippen LogP contribution is -2.32. The summed E-state index contributed by atoms with van der Waals surface area (Å²) in [6.45, 7) is 1.78. The largest absolute Gasteiger partial charge is 0.483 e. The third-order valence-corrected chi connectivity index (χ3v) is 4.69. The standard InChI is InChI=1S/C20H19FN4O4S/c1-2-28-20(27)22-18(26)13-30-19-24-23-17(25(19)14-8-4-3-5-9-14)12-29-16-11-7-6-10-15(16)21/h3-11H,2,12-13H2,1H3,(H,22,26,27). The summed E-state index contributed by atoms with van der Waals surface area (Å²) < 4.78 is 25.8. The van der Waals surface area contributed by atoms with Gasteiger partial charge in [0.15, 0.2) is 22.5 Å². The number of amides is 2. The Bertz CT molecular complexity index is 1010. The summed E-state index contributed by atoms with van der Waals surface area (Å²) in [4.78, 5) is 23.3. The molecule has 0 fully saturated rings. The number of benzene rings is 2. The molecule has 0 unspecified atom stereocenters. The van der Waals surface area contributed by atoms with Crippen LogP contribution in [0.3, 0.4) is 0 Å². The van der Waals surface area contributed by atoms with Gasteiger partial charge in [-0.15, -0.1) is 10.2 Å². The average Bonchev–Trinajstić information content (AvgIpc) is 3.15. The van der Waals surface area contributed by atoms with E-state index < -0.39 is 17.8 Å². The highest BCUT2D eigenvalue weighted by molar-refractivity contribution is 7.99. The third-order valence-electron chi connectivity index (χ3n) is 3.76. The van der Waals surface area contributed by atoms with Gasteiger partial charge < -0.3 is 9.47 Å². The highest BCUT2D eigenvalue weighted by atomic mass is 32.2. The average molecular weight is 430 g/mol. The Morgan fingerprint density at radius 1 is 1.10 bits per heavy atom. The Morgan fingerprint density at radius 3 is 2.57 bits per heavy atom. The Hall–Kier alpha value is -3.40. The number of aromatic nitrogens is 3. The van der Waals surface area contributed by atoms with Crippen molar-refractivity contribution in [2.24, 2.45) is 0 Å². The van der Waals surface area contributed by atoms with Crippen molar-refractivity contribution in [3.05, 3.63) is 66.2 Å². The van der Waals surface area contributed by atoms with E-state index in [1.165, 1.54) is 12.1 Å². The van der Waals surface area contributed by atoms with Crippen molar-refractivity contribution in [2.75, 3.05) is 12.4 Å². The van der Waals surface area contributed by atoms with Crippen molar-refractivity contribution in [3.8, 4) is 11.4 Å². The van der Waals surface area contributed by atoms with E-state index in [0.29, 0.717) is 11.0 Å². The maximum Gasteiger partial charge on any atom is 0.413 e. The second kappa shape index (κ2) is 10.4. The van der Waals surface area contributed by atoms with Crippen LogP contribution in [0, 0.1) is 5.82 Å². The Morgan fingerprint density at radius 2 is 1.83 bits per heavy atom. The molecule has 2 aromatic carbocycles. The molecule has 0 radical (unpaired) electrons. The zero-order valence-corrected chi connectivity index (χ0v) is 16.9. The minimum atomic E-state index is -0.799. The minimum Gasteiger partial charge on any atom is -0.483 e. The first-order valence-corrected chi connectivity index (χ1v) is 10.0. The lowest BCUT2D eigenvalue weighted by atomic mass is 10.3. The van der Waals surface area contributed by atoms with E-state index in [9.17, 15) is 14.0 Å². The molecule has 2 amide bonds. The zero-order valence-electron chi connectivity index (χ0n) is 16.1. The topological polar surface area (TPSA) is 95.3 Å². The number of halogens is 1. The molecule has 0 saturated carbocycles. The summed E-state index contributed by atoms with van der Waals surface area (Å²) in [5.41, 5.74) is 0.753. The number of nitrogens with zero attached hydrogens (tertiary/aromatic N) is 3. The highest BCUT2D eigenvalue weighted by Gasteiger charge is 2.18. The number of hydrogen-bond acceptors (Lipinski definition) is 7. The summed E-state index contributed by atoms with van der Waals surface area (Å²) in [6.07, 6.45) is -0.799. The molecule has 0 aliphatic rings. The Balaban J connectivity index is 1.76. The molecule has 1 N–H and O–H groups in total. The number of hydrogen-bond donors (Lipinski definition) is 1. The normalized spacial score (nSPS) is 10.5. The van der Waals surface area contributed by atoms with Gasteiger partial charge in [0.25, 0.3) is 0 Å². The van der Waals surface area contributed by atoms with Gasteiger partial charge in [-0.25, -0.2) is 9.18 Å². The van der Waals surface area contributed by atoms with Gasteiger partial charge in [-0.05, 0) is 31.2 Å². The van der Waals surface area contributed by atoms with Gasteiger partial charge in [0.1, 0.15) is 6.61 Å². The molecular weight excluding hydrogens is 411 g/mol. The molecule has 0 aliphatic carbocycles. The number of imide groups is 1. The summed E-state index contributed by atoms with van der Waals surface area (Å²) in [5.74, 6) is -0.544. The minimum absolute atomic E-state index is 0.0294. The highest BCUT2D eigenvalue weighted by Crippen LogP contribution is 2.23. The molecule has 0 saturated heterocycles. The number of rotatable bonds is 8. The summed E-state index contributed by atoms with van der Waals surface area (Å²) in [6, 6.07) is 15.3. The van der Waals surface area contributed by atoms with Crippen LogP contribution in [-0.2, 0) is 16.1 Å². The second-order valence-electron chi connectivity index (χ2n) is 5.85. The van der Waals surface area contributed by atoms with E-state index in [1.54, 1.807) is 23.6 Å². The number of ether oxygens (including phenoxy) is 2. The van der Waals surface area contributed by atoms with Crippen LogP contribution in [0.2, 0.25) is 0 Å². The van der Waals surface area contributed by atoms with Gasteiger partial charge >= 0.3 is 6.09 Å². The lowest BCUT2D eigenvalue weighted by Gasteiger charge is -2.11. The number of para-hydroxylation sites is 2. The first kappa shape index (κ1) is 21.3. The van der Waals surface area contributed by atoms with E-state index in [4.69, 9.17) is 4.74 Å². The van der Waals surface area contributed by atoms with Crippen molar-refractivity contribution in [1.82, 2.24) is 20.1 Å². The molecule has 0 aliphatic heterocycles. The van der Waals surface area contributed by atoms with Crippen molar-refractivity contribution >= 4 is 23.8 Å². The zero-order chi connectivity index (χ0) is 21.3. The van der Waals surface area contributed by atoms with Crippen LogP contribution in [0.5, 0.6) is 5.75 Å². The number of carbonyl (C=O) groups excluding carboxylic acids is 2. The maximum atomic E-state index is 13.8. The van der Waals surface area contributed by atoms with Gasteiger partial charge in [0.05, 0.1) is 12.4 Å². The van der Waals surface area contributed by atoms with Crippen LogP contribution in [0.25, 0.3) is 5.69 Å². The van der Waals surface area contributed by atoms with Crippen LogP contribution in [0.4, 0.5) is 9.18 Å². The van der Waals surface area contributed by atoms with Crippen LogP contribution >= 0.6 is 11.8 Å². The first-order chi connectivity index (χ1) is 14.6. The van der Waals surface area contributed by atoms with Crippen molar-refractivity contribution in [2.45, 2.75) is 18.7 Å². The van der Waals surface area contributed by atoms with Crippen molar-refractivity contribution in [3.63, 3.8) is 0 Å². The van der Waals surface area contributed by atoms with E-state index in [2.05, 4.69) is 20.3 Å². The molecule has 3 rings (SSSR count). The molecule has 0 bridgehead atoms. The first-order valence-electron chi connectivity index (χ1n) is 9.05.